The summed E-state index contributed by atoms with van der Waals surface area (Å²) in [5.41, 5.74) is 2.59. The van der Waals surface area contributed by atoms with Crippen molar-refractivity contribution in [2.45, 2.75) is 25.9 Å². The molecule has 2 aliphatic rings. The minimum atomic E-state index is -0.577. The van der Waals surface area contributed by atoms with Gasteiger partial charge in [0.05, 0.1) is 23.7 Å². The molecule has 2 aliphatic heterocycles. The molecule has 3 heterocycles. The molecule has 37 heavy (non-hydrogen) atoms. The van der Waals surface area contributed by atoms with E-state index in [2.05, 4.69) is 27.1 Å². The highest BCUT2D eigenvalue weighted by atomic mass is 35.5. The molecule has 10 heteroatoms. The number of halogens is 3. The highest BCUT2D eigenvalue weighted by Crippen LogP contribution is 2.37. The SMILES string of the molecule is CC1c2c(Cl)cc(Cl)cc2CCN1C(=O)CNc1cc2cc(CN3CCN(C)CC3)[nH]c(=O)c2cc1F. The second kappa shape index (κ2) is 10.6. The van der Waals surface area contributed by atoms with Crippen LogP contribution in [0.15, 0.2) is 35.1 Å². The van der Waals surface area contributed by atoms with E-state index in [0.29, 0.717) is 34.9 Å². The standard InChI is InChI=1S/C27H30Cl2FN5O2/c1-16-26-17(9-19(28)12-22(26)29)3-4-35(16)25(36)14-31-24-11-18-10-20(15-34-7-5-33(2)6-8-34)32-27(37)21(18)13-23(24)30/h9-13,16,31H,3-8,14-15H2,1-2H3,(H,32,37). The molecule has 1 unspecified atom stereocenters. The van der Waals surface area contributed by atoms with E-state index in [1.54, 1.807) is 17.0 Å². The number of hydrogen-bond donors (Lipinski definition) is 2. The molecule has 2 aromatic carbocycles. The summed E-state index contributed by atoms with van der Waals surface area (Å²) >= 11 is 12.6. The lowest BCUT2D eigenvalue weighted by atomic mass is 9.93. The number of nitrogens with one attached hydrogen (secondary N) is 2. The van der Waals surface area contributed by atoms with Gasteiger partial charge in [-0.1, -0.05) is 23.2 Å². The number of H-pyrrole nitrogens is 1. The van der Waals surface area contributed by atoms with Crippen LogP contribution in [0.4, 0.5) is 10.1 Å². The Morgan fingerprint density at radius 3 is 2.62 bits per heavy atom. The first kappa shape index (κ1) is 26.0. The van der Waals surface area contributed by atoms with Crippen LogP contribution in [0, 0.1) is 5.82 Å². The minimum Gasteiger partial charge on any atom is -0.374 e. The topological polar surface area (TPSA) is 71.7 Å². The summed E-state index contributed by atoms with van der Waals surface area (Å²) in [7, 11) is 2.10. The van der Waals surface area contributed by atoms with Gasteiger partial charge in [0.1, 0.15) is 5.82 Å². The molecule has 0 aliphatic carbocycles. The molecule has 0 bridgehead atoms. The lowest BCUT2D eigenvalue weighted by Crippen LogP contribution is -2.44. The number of carbonyl (C=O) groups is 1. The number of hydrogen-bond acceptors (Lipinski definition) is 5. The van der Waals surface area contributed by atoms with Gasteiger partial charge in [-0.05, 0) is 67.2 Å². The van der Waals surface area contributed by atoms with Gasteiger partial charge in [0.15, 0.2) is 0 Å². The fourth-order valence-electron chi connectivity index (χ4n) is 5.33. The number of carbonyl (C=O) groups excluding carboxylic acids is 1. The molecule has 3 aromatic rings. The van der Waals surface area contributed by atoms with Crippen molar-refractivity contribution in [1.29, 1.82) is 0 Å². The van der Waals surface area contributed by atoms with Crippen LogP contribution in [0.5, 0.6) is 0 Å². The van der Waals surface area contributed by atoms with Crippen LogP contribution >= 0.6 is 23.2 Å². The number of likely N-dealkylation sites (N-methyl/N-ethyl adjacent to an activating group) is 1. The third-order valence-corrected chi connectivity index (χ3v) is 7.95. The molecule has 5 rings (SSSR count). The van der Waals surface area contributed by atoms with Crippen molar-refractivity contribution in [2.24, 2.45) is 0 Å². The molecule has 1 aromatic heterocycles. The summed E-state index contributed by atoms with van der Waals surface area (Å²) in [6.45, 7) is 6.80. The molecule has 1 fully saturated rings. The fraction of sp³-hybridized carbons (Fsp3) is 0.407. The summed E-state index contributed by atoms with van der Waals surface area (Å²) in [5, 5.41) is 4.98. The summed E-state index contributed by atoms with van der Waals surface area (Å²) in [6, 6.07) is 8.08. The fourth-order valence-corrected chi connectivity index (χ4v) is 6.02. The van der Waals surface area contributed by atoms with Gasteiger partial charge in [0.2, 0.25) is 5.91 Å². The van der Waals surface area contributed by atoms with Crippen LogP contribution in [0.2, 0.25) is 10.0 Å². The molecule has 0 spiro atoms. The van der Waals surface area contributed by atoms with E-state index >= 15 is 0 Å². The van der Waals surface area contributed by atoms with Crippen LogP contribution in [-0.2, 0) is 17.8 Å². The molecule has 0 radical (unpaired) electrons. The Morgan fingerprint density at radius 1 is 1.11 bits per heavy atom. The van der Waals surface area contributed by atoms with Gasteiger partial charge < -0.3 is 20.1 Å². The van der Waals surface area contributed by atoms with Crippen molar-refractivity contribution < 1.29 is 9.18 Å². The second-order valence-corrected chi connectivity index (χ2v) is 10.8. The van der Waals surface area contributed by atoms with Gasteiger partial charge in [0, 0.05) is 55.0 Å². The van der Waals surface area contributed by atoms with E-state index in [0.717, 1.165) is 43.0 Å². The highest BCUT2D eigenvalue weighted by molar-refractivity contribution is 6.35. The van der Waals surface area contributed by atoms with Gasteiger partial charge in [-0.2, -0.15) is 0 Å². The maximum Gasteiger partial charge on any atom is 0.256 e. The third-order valence-electron chi connectivity index (χ3n) is 7.42. The molecule has 1 atom stereocenters. The summed E-state index contributed by atoms with van der Waals surface area (Å²) < 4.78 is 14.9. The van der Waals surface area contributed by atoms with Crippen LogP contribution in [0.25, 0.3) is 10.8 Å². The number of pyridine rings is 1. The number of benzene rings is 2. The Labute approximate surface area is 225 Å². The predicted octanol–water partition coefficient (Wildman–Crippen LogP) is 4.28. The average Bonchev–Trinajstić information content (AvgIpc) is 2.84. The van der Waals surface area contributed by atoms with E-state index < -0.39 is 5.82 Å². The van der Waals surface area contributed by atoms with Crippen molar-refractivity contribution in [3.05, 3.63) is 73.4 Å². The molecular formula is C27H30Cl2FN5O2. The van der Waals surface area contributed by atoms with Crippen molar-refractivity contribution in [3.63, 3.8) is 0 Å². The zero-order valence-electron chi connectivity index (χ0n) is 20.9. The molecule has 1 amide bonds. The molecular weight excluding hydrogens is 516 g/mol. The van der Waals surface area contributed by atoms with Crippen molar-refractivity contribution in [2.75, 3.05) is 51.6 Å². The Balaban J connectivity index is 1.31. The van der Waals surface area contributed by atoms with Crippen LogP contribution in [0.3, 0.4) is 0 Å². The number of fused-ring (bicyclic) bond motifs is 2. The van der Waals surface area contributed by atoms with E-state index in [1.807, 2.05) is 19.1 Å². The van der Waals surface area contributed by atoms with Crippen LogP contribution in [0.1, 0.15) is 29.8 Å². The Bertz CT molecular complexity index is 1400. The average molecular weight is 546 g/mol. The zero-order valence-corrected chi connectivity index (χ0v) is 22.4. The number of nitrogens with zero attached hydrogens (tertiary/aromatic N) is 3. The molecule has 7 nitrogen and oxygen atoms in total. The highest BCUT2D eigenvalue weighted by Gasteiger charge is 2.29. The maximum atomic E-state index is 14.9. The van der Waals surface area contributed by atoms with Crippen molar-refractivity contribution >= 4 is 45.6 Å². The second-order valence-electron chi connectivity index (χ2n) is 9.95. The molecule has 1 saturated heterocycles. The normalized spacial score (nSPS) is 18.7. The Hall–Kier alpha value is -2.65. The number of anilines is 1. The Morgan fingerprint density at radius 2 is 1.86 bits per heavy atom. The lowest BCUT2D eigenvalue weighted by molar-refractivity contribution is -0.131. The lowest BCUT2D eigenvalue weighted by Gasteiger charge is -2.36. The number of piperazine rings is 1. The molecule has 196 valence electrons. The van der Waals surface area contributed by atoms with Crippen molar-refractivity contribution in [1.82, 2.24) is 19.7 Å². The zero-order chi connectivity index (χ0) is 26.3. The van der Waals surface area contributed by atoms with Gasteiger partial charge in [-0.25, -0.2) is 4.39 Å². The first-order valence-corrected chi connectivity index (χ1v) is 13.2. The van der Waals surface area contributed by atoms with Crippen molar-refractivity contribution in [3.8, 4) is 0 Å². The molecule has 2 N–H and O–H groups in total. The van der Waals surface area contributed by atoms with Gasteiger partial charge in [0.25, 0.3) is 5.56 Å². The smallest absolute Gasteiger partial charge is 0.256 e. The number of amides is 1. The van der Waals surface area contributed by atoms with Gasteiger partial charge in [-0.15, -0.1) is 0 Å². The minimum absolute atomic E-state index is 0.0787. The monoisotopic (exact) mass is 545 g/mol. The van der Waals surface area contributed by atoms with E-state index in [4.69, 9.17) is 23.2 Å². The quantitative estimate of drug-likeness (QED) is 0.500. The first-order chi connectivity index (χ1) is 17.7. The number of aromatic nitrogens is 1. The van der Waals surface area contributed by atoms with E-state index in [9.17, 15) is 14.0 Å². The summed E-state index contributed by atoms with van der Waals surface area (Å²) in [6.07, 6.45) is 0.648. The predicted molar refractivity (Wildman–Crippen MR) is 146 cm³/mol. The molecule has 0 saturated carbocycles. The maximum absolute atomic E-state index is 14.9. The van der Waals surface area contributed by atoms with Gasteiger partial charge in [-0.3, -0.25) is 14.5 Å². The number of aromatic amines is 1. The first-order valence-electron chi connectivity index (χ1n) is 12.5. The van der Waals surface area contributed by atoms with E-state index in [1.165, 1.54) is 6.07 Å². The van der Waals surface area contributed by atoms with E-state index in [-0.39, 0.29) is 35.1 Å². The van der Waals surface area contributed by atoms with Crippen LogP contribution < -0.4 is 10.9 Å². The number of rotatable bonds is 5. The Kier molecular flexibility index (Phi) is 7.45. The summed E-state index contributed by atoms with van der Waals surface area (Å²) in [4.78, 5) is 35.0. The largest absolute Gasteiger partial charge is 0.374 e. The summed E-state index contributed by atoms with van der Waals surface area (Å²) in [5.74, 6) is -0.738. The van der Waals surface area contributed by atoms with Gasteiger partial charge >= 0.3 is 0 Å². The third kappa shape index (κ3) is 5.48. The van der Waals surface area contributed by atoms with Crippen LogP contribution in [-0.4, -0.2) is 71.9 Å².